The summed E-state index contributed by atoms with van der Waals surface area (Å²) in [6.07, 6.45) is 0. The molecule has 0 rings (SSSR count). The SMILES string of the molecule is C.C.NN.[NH2-].[U]. The van der Waals surface area contributed by atoms with Crippen molar-refractivity contribution in [3.8, 4) is 0 Å². The van der Waals surface area contributed by atoms with Gasteiger partial charge in [0.05, 0.1) is 0 Å². The molecule has 0 aromatic heterocycles. The van der Waals surface area contributed by atoms with Gasteiger partial charge in [0.2, 0.25) is 0 Å². The molecule has 0 saturated carbocycles. The Morgan fingerprint density at radius 2 is 0.833 bits per heavy atom. The zero-order valence-corrected chi connectivity index (χ0v) is 6.40. The number of hydrogen-bond donors (Lipinski definition) is 2. The van der Waals surface area contributed by atoms with Crippen LogP contribution in [0.4, 0.5) is 0 Å². The molecular weight excluding hydrogens is 304 g/mol. The van der Waals surface area contributed by atoms with E-state index in [0.717, 1.165) is 0 Å². The van der Waals surface area contributed by atoms with Gasteiger partial charge in [-0.3, -0.25) is 11.7 Å². The fourth-order valence-corrected chi connectivity index (χ4v) is 0. The Hall–Kier alpha value is 0.932. The molecule has 42 valence electrons. The van der Waals surface area contributed by atoms with Crippen molar-refractivity contribution in [2.45, 2.75) is 14.9 Å². The van der Waals surface area contributed by atoms with E-state index in [9.17, 15) is 0 Å². The van der Waals surface area contributed by atoms with Gasteiger partial charge in [-0.15, -0.1) is 0 Å². The second-order valence-electron chi connectivity index (χ2n) is 0. The molecule has 0 aliphatic carbocycles. The number of hydrazine groups is 1. The third-order valence-corrected chi connectivity index (χ3v) is 0. The molecule has 6 heavy (non-hydrogen) atoms. The van der Waals surface area contributed by atoms with Gasteiger partial charge in [0.15, 0.2) is 0 Å². The van der Waals surface area contributed by atoms with Crippen molar-refractivity contribution >= 4 is 0 Å². The van der Waals surface area contributed by atoms with Crippen LogP contribution in [0.2, 0.25) is 0 Å². The smallest absolute Gasteiger partial charge is 0 e. The quantitative estimate of drug-likeness (QED) is 0.511. The Labute approximate surface area is 63.8 Å². The maximum atomic E-state index is 4.00. The number of nitrogens with two attached hydrogens (primary N) is 3. The van der Waals surface area contributed by atoms with E-state index in [1.54, 1.807) is 0 Å². The minimum atomic E-state index is 0. The van der Waals surface area contributed by atoms with Gasteiger partial charge in [-0.25, -0.2) is 0 Å². The molecule has 3 nitrogen and oxygen atoms in total. The first kappa shape index (κ1) is 65.4. The van der Waals surface area contributed by atoms with Crippen LogP contribution in [0.5, 0.6) is 0 Å². The van der Waals surface area contributed by atoms with E-state index in [1.807, 2.05) is 0 Å². The molecule has 4 heteroatoms. The third kappa shape index (κ3) is 87.8. The molecule has 0 atom stereocenters. The van der Waals surface area contributed by atoms with Gasteiger partial charge in [-0.2, -0.15) is 0 Å². The van der Waals surface area contributed by atoms with Gasteiger partial charge in [-0.05, 0) is 0 Å². The second-order valence-corrected chi connectivity index (χ2v) is 0. The van der Waals surface area contributed by atoms with E-state index in [2.05, 4.69) is 11.7 Å². The van der Waals surface area contributed by atoms with Crippen LogP contribution in [-0.4, -0.2) is 0 Å². The summed E-state index contributed by atoms with van der Waals surface area (Å²) < 4.78 is 0. The Kier molecular flexibility index (Phi) is 1810. The van der Waals surface area contributed by atoms with Crippen LogP contribution in [0.3, 0.4) is 0 Å². The molecule has 0 heterocycles. The van der Waals surface area contributed by atoms with Crippen molar-refractivity contribution in [2.75, 3.05) is 0 Å². The molecule has 0 saturated heterocycles. The summed E-state index contributed by atoms with van der Waals surface area (Å²) in [6, 6.07) is 0. The van der Waals surface area contributed by atoms with Crippen molar-refractivity contribution in [2.24, 2.45) is 11.7 Å². The first-order valence-electron chi connectivity index (χ1n) is 0.333. The molecule has 0 spiro atoms. The summed E-state index contributed by atoms with van der Waals surface area (Å²) >= 11 is 0. The maximum Gasteiger partial charge on any atom is 0 e. The molecule has 0 aromatic rings. The summed E-state index contributed by atoms with van der Waals surface area (Å²) in [5.74, 6) is 8.00. The van der Waals surface area contributed by atoms with Crippen LogP contribution in [0.15, 0.2) is 0 Å². The van der Waals surface area contributed by atoms with E-state index >= 15 is 0 Å². The van der Waals surface area contributed by atoms with Crippen molar-refractivity contribution < 1.29 is 31.1 Å². The molecular formula is C2H14N3U-. The zero-order valence-electron chi connectivity index (χ0n) is 2.23. The average Bonchev–Trinajstić information content (AvgIpc) is 1.00. The van der Waals surface area contributed by atoms with Gasteiger partial charge in [0, 0.05) is 31.1 Å². The van der Waals surface area contributed by atoms with E-state index in [4.69, 9.17) is 0 Å². The summed E-state index contributed by atoms with van der Waals surface area (Å²) in [5.41, 5.74) is 0. The minimum absolute atomic E-state index is 0. The standard InChI is InChI=1S/2CH4.H4N2.H2N.U/c;;1-2;;/h2*1H4;1-2H2;1H2;/q;;;-1;. The van der Waals surface area contributed by atoms with Crippen LogP contribution in [0.25, 0.3) is 6.15 Å². The Bertz CT molecular complexity index is 8.75. The summed E-state index contributed by atoms with van der Waals surface area (Å²) in [4.78, 5) is 0. The van der Waals surface area contributed by atoms with Crippen LogP contribution >= 0.6 is 0 Å². The van der Waals surface area contributed by atoms with Crippen LogP contribution in [0.1, 0.15) is 14.9 Å². The predicted octanol–water partition coefficient (Wildman–Crippen LogP) is 0.808. The first-order valence-corrected chi connectivity index (χ1v) is 0.333. The number of hydrogen-bond acceptors (Lipinski definition) is 2. The predicted molar refractivity (Wildman–Crippen MR) is 27.1 cm³/mol. The fraction of sp³-hybridized carbons (Fsp3) is 1.00. The normalized spacial score (nSPS) is 1.00. The molecule has 0 radical (unpaired) electrons. The van der Waals surface area contributed by atoms with Crippen molar-refractivity contribution in [3.63, 3.8) is 0 Å². The van der Waals surface area contributed by atoms with Gasteiger partial charge in [0.1, 0.15) is 0 Å². The monoisotopic (exact) mass is 318 g/mol. The summed E-state index contributed by atoms with van der Waals surface area (Å²) in [5, 5.41) is 0. The molecule has 0 bridgehead atoms. The minimum Gasteiger partial charge on any atom is -0.693 e. The first-order chi connectivity index (χ1) is 1.00. The summed E-state index contributed by atoms with van der Waals surface area (Å²) in [6.45, 7) is 0. The van der Waals surface area contributed by atoms with Gasteiger partial charge in [0.25, 0.3) is 0 Å². The van der Waals surface area contributed by atoms with Crippen molar-refractivity contribution in [3.05, 3.63) is 6.15 Å². The van der Waals surface area contributed by atoms with Gasteiger partial charge < -0.3 is 6.15 Å². The fourth-order valence-electron chi connectivity index (χ4n) is 0. The topological polar surface area (TPSA) is 85.5 Å². The van der Waals surface area contributed by atoms with Crippen LogP contribution in [0, 0.1) is 31.1 Å². The van der Waals surface area contributed by atoms with E-state index in [0.29, 0.717) is 0 Å². The molecule has 0 aliphatic heterocycles. The Morgan fingerprint density at radius 1 is 0.833 bits per heavy atom. The molecule has 0 aliphatic rings. The van der Waals surface area contributed by atoms with Crippen LogP contribution < -0.4 is 11.7 Å². The van der Waals surface area contributed by atoms with Gasteiger partial charge in [-0.1, -0.05) is 14.9 Å². The molecule has 0 unspecified atom stereocenters. The van der Waals surface area contributed by atoms with E-state index < -0.39 is 0 Å². The molecule has 0 amide bonds. The maximum absolute atomic E-state index is 4.00. The molecule has 6 N–H and O–H groups in total. The number of rotatable bonds is 0. The average molecular weight is 318 g/mol. The molecule has 0 aromatic carbocycles. The third-order valence-electron chi connectivity index (χ3n) is 0. The van der Waals surface area contributed by atoms with Crippen LogP contribution in [-0.2, 0) is 0 Å². The Morgan fingerprint density at radius 3 is 0.833 bits per heavy atom. The zero-order chi connectivity index (χ0) is 2.00. The van der Waals surface area contributed by atoms with Crippen molar-refractivity contribution in [1.82, 2.24) is 0 Å². The largest absolute Gasteiger partial charge is 0.693 e. The van der Waals surface area contributed by atoms with Gasteiger partial charge >= 0.3 is 0 Å². The van der Waals surface area contributed by atoms with Crippen molar-refractivity contribution in [1.29, 1.82) is 0 Å². The van der Waals surface area contributed by atoms with E-state index in [-0.39, 0.29) is 52.1 Å². The summed E-state index contributed by atoms with van der Waals surface area (Å²) in [7, 11) is 0. The Balaban J connectivity index is -0.000000000833. The van der Waals surface area contributed by atoms with E-state index in [1.165, 1.54) is 0 Å². The second kappa shape index (κ2) is 166. The molecule has 0 fully saturated rings.